The topological polar surface area (TPSA) is 51.5 Å². The van der Waals surface area contributed by atoms with Gasteiger partial charge in [0.2, 0.25) is 0 Å². The third kappa shape index (κ3) is 1.72. The Labute approximate surface area is 75.7 Å². The van der Waals surface area contributed by atoms with E-state index < -0.39 is 5.56 Å². The summed E-state index contributed by atoms with van der Waals surface area (Å²) in [6.07, 6.45) is 3.20. The normalized spacial score (nSPS) is 9.62. The molecule has 0 bridgehead atoms. The summed E-state index contributed by atoms with van der Waals surface area (Å²) in [5.74, 6) is 0.468. The van der Waals surface area contributed by atoms with Crippen LogP contribution in [-0.4, -0.2) is 17.0 Å². The van der Waals surface area contributed by atoms with E-state index in [1.165, 1.54) is 19.4 Å². The van der Waals surface area contributed by atoms with Gasteiger partial charge in [-0.25, -0.2) is 0 Å². The molecule has 0 spiro atoms. The van der Waals surface area contributed by atoms with Crippen LogP contribution in [-0.2, 0) is 6.42 Å². The average molecular weight is 181 g/mol. The Balaban J connectivity index is 3.32. The van der Waals surface area contributed by atoms with Gasteiger partial charge in [0.05, 0.1) is 18.9 Å². The fraction of sp³-hybridized carbons (Fsp3) is 0.222. The molecule has 1 N–H and O–H groups in total. The summed E-state index contributed by atoms with van der Waals surface area (Å²) in [6.45, 7) is 3.52. The van der Waals surface area contributed by atoms with E-state index in [1.54, 1.807) is 6.08 Å². The molecule has 0 saturated carbocycles. The summed E-state index contributed by atoms with van der Waals surface area (Å²) in [7, 11) is 1.48. The molecular formula is C9H11NO3. The van der Waals surface area contributed by atoms with E-state index >= 15 is 0 Å². The number of aromatic nitrogens is 1. The number of ether oxygens (including phenoxy) is 1. The molecule has 1 aromatic rings. The van der Waals surface area contributed by atoms with Gasteiger partial charge in [-0.15, -0.1) is 6.58 Å². The second-order valence-electron chi connectivity index (χ2n) is 2.51. The van der Waals surface area contributed by atoms with Crippen LogP contribution in [0.4, 0.5) is 0 Å². The third-order valence-electron chi connectivity index (χ3n) is 1.70. The first kappa shape index (κ1) is 9.38. The highest BCUT2D eigenvalue weighted by atomic mass is 16.5. The van der Waals surface area contributed by atoms with Crippen molar-refractivity contribution >= 4 is 0 Å². The molecule has 0 saturated heterocycles. The van der Waals surface area contributed by atoms with Gasteiger partial charge in [-0.3, -0.25) is 4.79 Å². The number of allylic oxidation sites excluding steroid dienone is 1. The summed E-state index contributed by atoms with van der Waals surface area (Å²) in [5.41, 5.74) is -0.0678. The first-order valence-corrected chi connectivity index (χ1v) is 3.79. The monoisotopic (exact) mass is 181 g/mol. The lowest BCUT2D eigenvalue weighted by molar-refractivity contribution is 0.172. The SMILES string of the molecule is C=CCc1c(OC)ccn(O)c1=O. The molecule has 0 atom stereocenters. The molecule has 0 aliphatic heterocycles. The molecule has 1 heterocycles. The Kier molecular flexibility index (Phi) is 2.74. The number of hydrogen-bond donors (Lipinski definition) is 1. The minimum absolute atomic E-state index is 0.378. The number of methoxy groups -OCH3 is 1. The zero-order valence-electron chi connectivity index (χ0n) is 7.36. The standard InChI is InChI=1S/C9H11NO3/c1-3-4-7-8(13-2)5-6-10(12)9(7)11/h3,5-6,12H,1,4H2,2H3. The zero-order chi connectivity index (χ0) is 9.84. The molecule has 0 aromatic carbocycles. The lowest BCUT2D eigenvalue weighted by Crippen LogP contribution is -2.21. The number of pyridine rings is 1. The smallest absolute Gasteiger partial charge is 0.290 e. The van der Waals surface area contributed by atoms with Crippen LogP contribution in [0.3, 0.4) is 0 Å². The molecule has 1 aromatic heterocycles. The van der Waals surface area contributed by atoms with E-state index in [4.69, 9.17) is 9.94 Å². The summed E-state index contributed by atoms with van der Waals surface area (Å²) >= 11 is 0. The first-order chi connectivity index (χ1) is 6.20. The van der Waals surface area contributed by atoms with Crippen molar-refractivity contribution in [2.75, 3.05) is 7.11 Å². The number of hydrogen-bond acceptors (Lipinski definition) is 3. The molecule has 0 aliphatic carbocycles. The third-order valence-corrected chi connectivity index (χ3v) is 1.70. The minimum Gasteiger partial charge on any atom is -0.496 e. The lowest BCUT2D eigenvalue weighted by atomic mass is 10.2. The Hall–Kier alpha value is -1.71. The van der Waals surface area contributed by atoms with Crippen LogP contribution in [0.15, 0.2) is 29.7 Å². The molecule has 0 fully saturated rings. The average Bonchev–Trinajstić information content (AvgIpc) is 2.14. The highest BCUT2D eigenvalue weighted by Gasteiger charge is 2.07. The Morgan fingerprint density at radius 3 is 3.00 bits per heavy atom. The van der Waals surface area contributed by atoms with Crippen LogP contribution in [0, 0.1) is 0 Å². The van der Waals surface area contributed by atoms with Crippen LogP contribution in [0.2, 0.25) is 0 Å². The quantitative estimate of drug-likeness (QED) is 0.555. The summed E-state index contributed by atoms with van der Waals surface area (Å²) in [4.78, 5) is 11.3. The largest absolute Gasteiger partial charge is 0.496 e. The van der Waals surface area contributed by atoms with Gasteiger partial charge in [-0.1, -0.05) is 6.08 Å². The molecular weight excluding hydrogens is 170 g/mol. The maximum absolute atomic E-state index is 11.3. The van der Waals surface area contributed by atoms with Crippen molar-refractivity contribution in [3.05, 3.63) is 40.8 Å². The van der Waals surface area contributed by atoms with Crippen molar-refractivity contribution in [3.63, 3.8) is 0 Å². The second-order valence-corrected chi connectivity index (χ2v) is 2.51. The van der Waals surface area contributed by atoms with Gasteiger partial charge in [0.1, 0.15) is 5.75 Å². The maximum Gasteiger partial charge on any atom is 0.290 e. The number of rotatable bonds is 3. The minimum atomic E-state index is -0.473. The van der Waals surface area contributed by atoms with E-state index in [0.29, 0.717) is 22.5 Å². The van der Waals surface area contributed by atoms with E-state index in [0.717, 1.165) is 0 Å². The lowest BCUT2D eigenvalue weighted by Gasteiger charge is -2.06. The molecule has 70 valence electrons. The van der Waals surface area contributed by atoms with Gasteiger partial charge in [-0.2, -0.15) is 4.73 Å². The highest BCUT2D eigenvalue weighted by molar-refractivity contribution is 5.31. The van der Waals surface area contributed by atoms with Gasteiger partial charge >= 0.3 is 0 Å². The molecule has 0 radical (unpaired) electrons. The predicted octanol–water partition coefficient (Wildman–Crippen LogP) is 0.823. The predicted molar refractivity (Wildman–Crippen MR) is 48.3 cm³/mol. The van der Waals surface area contributed by atoms with Gasteiger partial charge in [0.25, 0.3) is 5.56 Å². The Morgan fingerprint density at radius 2 is 2.46 bits per heavy atom. The first-order valence-electron chi connectivity index (χ1n) is 3.79. The van der Waals surface area contributed by atoms with Crippen LogP contribution in [0.1, 0.15) is 5.56 Å². The molecule has 1 rings (SSSR count). The maximum atomic E-state index is 11.3. The van der Waals surface area contributed by atoms with Gasteiger partial charge in [-0.05, 0) is 6.42 Å². The molecule has 0 aliphatic rings. The van der Waals surface area contributed by atoms with Gasteiger partial charge in [0.15, 0.2) is 0 Å². The molecule has 13 heavy (non-hydrogen) atoms. The Morgan fingerprint density at radius 1 is 1.77 bits per heavy atom. The van der Waals surface area contributed by atoms with Crippen molar-refractivity contribution in [1.82, 2.24) is 4.73 Å². The molecule has 4 heteroatoms. The van der Waals surface area contributed by atoms with Crippen LogP contribution < -0.4 is 10.3 Å². The highest BCUT2D eigenvalue weighted by Crippen LogP contribution is 2.13. The van der Waals surface area contributed by atoms with Crippen molar-refractivity contribution in [3.8, 4) is 5.75 Å². The van der Waals surface area contributed by atoms with E-state index in [1.807, 2.05) is 0 Å². The van der Waals surface area contributed by atoms with Crippen molar-refractivity contribution in [2.24, 2.45) is 0 Å². The molecule has 0 unspecified atom stereocenters. The summed E-state index contributed by atoms with van der Waals surface area (Å²) < 4.78 is 5.49. The van der Waals surface area contributed by atoms with Gasteiger partial charge in [0, 0.05) is 6.07 Å². The van der Waals surface area contributed by atoms with Crippen molar-refractivity contribution in [2.45, 2.75) is 6.42 Å². The summed E-state index contributed by atoms with van der Waals surface area (Å²) in [6, 6.07) is 1.53. The van der Waals surface area contributed by atoms with Crippen LogP contribution >= 0.6 is 0 Å². The van der Waals surface area contributed by atoms with Crippen molar-refractivity contribution < 1.29 is 9.94 Å². The van der Waals surface area contributed by atoms with E-state index in [2.05, 4.69) is 6.58 Å². The van der Waals surface area contributed by atoms with Crippen LogP contribution in [0.5, 0.6) is 5.75 Å². The van der Waals surface area contributed by atoms with E-state index in [9.17, 15) is 4.79 Å². The van der Waals surface area contributed by atoms with Crippen molar-refractivity contribution in [1.29, 1.82) is 0 Å². The Bertz CT molecular complexity index is 368. The zero-order valence-corrected chi connectivity index (χ0v) is 7.36. The molecule has 4 nitrogen and oxygen atoms in total. The van der Waals surface area contributed by atoms with Crippen LogP contribution in [0.25, 0.3) is 0 Å². The fourth-order valence-corrected chi connectivity index (χ4v) is 1.07. The fourth-order valence-electron chi connectivity index (χ4n) is 1.07. The number of nitrogens with zero attached hydrogens (tertiary/aromatic N) is 1. The second kappa shape index (κ2) is 3.80. The van der Waals surface area contributed by atoms with E-state index in [-0.39, 0.29) is 0 Å². The summed E-state index contributed by atoms with van der Waals surface area (Å²) in [5, 5.41) is 9.06. The molecule has 0 amide bonds. The van der Waals surface area contributed by atoms with Gasteiger partial charge < -0.3 is 9.94 Å².